The fourth-order valence-electron chi connectivity index (χ4n) is 2.27. The summed E-state index contributed by atoms with van der Waals surface area (Å²) in [6.45, 7) is 3.86. The summed E-state index contributed by atoms with van der Waals surface area (Å²) in [5, 5.41) is 0. The lowest BCUT2D eigenvalue weighted by Crippen LogP contribution is -2.44. The molecule has 4 heteroatoms. The largest absolute Gasteiger partial charge is 0.345 e. The molecule has 4 nitrogen and oxygen atoms in total. The second-order valence-electron chi connectivity index (χ2n) is 4.33. The molecule has 0 amide bonds. The Morgan fingerprint density at radius 3 is 2.60 bits per heavy atom. The molecule has 0 aliphatic heterocycles. The maximum atomic E-state index is 5.44. The van der Waals surface area contributed by atoms with E-state index in [9.17, 15) is 0 Å². The molecule has 88 valence electrons. The number of hydrogen-bond donors (Lipinski definition) is 2. The Hall–Kier alpha value is -0.770. The minimum absolute atomic E-state index is 0.772. The maximum Gasteiger partial charge on any atom is 0.208 e. The van der Waals surface area contributed by atoms with Crippen LogP contribution in [0.3, 0.4) is 0 Å². The number of guanidine groups is 1. The van der Waals surface area contributed by atoms with E-state index in [1.165, 1.54) is 32.1 Å². The van der Waals surface area contributed by atoms with Gasteiger partial charge in [0.25, 0.3) is 0 Å². The van der Waals surface area contributed by atoms with Crippen LogP contribution in [0.5, 0.6) is 0 Å². The van der Waals surface area contributed by atoms with Gasteiger partial charge in [0.15, 0.2) is 0 Å². The second kappa shape index (κ2) is 6.67. The summed E-state index contributed by atoms with van der Waals surface area (Å²) >= 11 is 0. The zero-order valence-corrected chi connectivity index (χ0v) is 10.00. The van der Waals surface area contributed by atoms with Crippen molar-refractivity contribution in [3.8, 4) is 0 Å². The predicted molar refractivity (Wildman–Crippen MR) is 64.5 cm³/mol. The summed E-state index contributed by atoms with van der Waals surface area (Å²) in [6.07, 6.45) is 6.89. The molecule has 0 radical (unpaired) electrons. The summed E-state index contributed by atoms with van der Waals surface area (Å²) in [5.41, 5.74) is 2.67. The predicted octanol–water partition coefficient (Wildman–Crippen LogP) is 1.34. The Balaban J connectivity index is 2.38. The Bertz CT molecular complexity index is 197. The molecule has 0 aromatic carbocycles. The van der Waals surface area contributed by atoms with E-state index in [1.54, 1.807) is 0 Å². The molecule has 0 unspecified atom stereocenters. The third-order valence-electron chi connectivity index (χ3n) is 3.06. The summed E-state index contributed by atoms with van der Waals surface area (Å²) in [4.78, 5) is 6.45. The van der Waals surface area contributed by atoms with Crippen LogP contribution in [0.25, 0.3) is 0 Å². The van der Waals surface area contributed by atoms with Crippen molar-refractivity contribution in [1.82, 2.24) is 10.3 Å². The van der Waals surface area contributed by atoms with Crippen LogP contribution in [0.4, 0.5) is 0 Å². The standard InChI is InChI=1S/C11H24N4/c1-3-13-11(14-12)15(2)9-10-7-5-4-6-8-10/h10H,3-9,12H2,1-2H3,(H,13,14). The maximum absolute atomic E-state index is 5.44. The normalized spacial score (nSPS) is 19.0. The number of nitrogens with zero attached hydrogens (tertiary/aromatic N) is 2. The zero-order valence-electron chi connectivity index (χ0n) is 10.00. The highest BCUT2D eigenvalue weighted by atomic mass is 15.4. The van der Waals surface area contributed by atoms with Gasteiger partial charge in [0, 0.05) is 20.1 Å². The van der Waals surface area contributed by atoms with Crippen molar-refractivity contribution >= 4 is 5.96 Å². The smallest absolute Gasteiger partial charge is 0.208 e. The molecule has 1 aliphatic carbocycles. The second-order valence-corrected chi connectivity index (χ2v) is 4.33. The molecule has 1 rings (SSSR count). The van der Waals surface area contributed by atoms with Gasteiger partial charge in [-0.3, -0.25) is 10.4 Å². The Labute approximate surface area is 92.9 Å². The molecule has 1 fully saturated rings. The van der Waals surface area contributed by atoms with Gasteiger partial charge in [-0.2, -0.15) is 0 Å². The minimum atomic E-state index is 0.772. The van der Waals surface area contributed by atoms with Gasteiger partial charge in [-0.05, 0) is 25.7 Å². The number of aliphatic imine (C=N–C) groups is 1. The van der Waals surface area contributed by atoms with E-state index in [1.807, 2.05) is 6.92 Å². The van der Waals surface area contributed by atoms with Gasteiger partial charge in [-0.1, -0.05) is 19.3 Å². The highest BCUT2D eigenvalue weighted by molar-refractivity contribution is 5.79. The van der Waals surface area contributed by atoms with E-state index in [0.29, 0.717) is 0 Å². The molecule has 0 bridgehead atoms. The van der Waals surface area contributed by atoms with E-state index in [4.69, 9.17) is 5.84 Å². The molecular weight excluding hydrogens is 188 g/mol. The first kappa shape index (κ1) is 12.3. The van der Waals surface area contributed by atoms with Crippen LogP contribution >= 0.6 is 0 Å². The van der Waals surface area contributed by atoms with Crippen LogP contribution in [0.1, 0.15) is 39.0 Å². The first-order chi connectivity index (χ1) is 7.27. The van der Waals surface area contributed by atoms with Crippen LogP contribution < -0.4 is 11.3 Å². The summed E-state index contributed by atoms with van der Waals surface area (Å²) in [7, 11) is 2.06. The summed E-state index contributed by atoms with van der Waals surface area (Å²) in [5.74, 6) is 7.07. The summed E-state index contributed by atoms with van der Waals surface area (Å²) in [6, 6.07) is 0. The topological polar surface area (TPSA) is 53.6 Å². The van der Waals surface area contributed by atoms with Gasteiger partial charge in [0.2, 0.25) is 5.96 Å². The monoisotopic (exact) mass is 212 g/mol. The highest BCUT2D eigenvalue weighted by Gasteiger charge is 2.16. The molecule has 0 aromatic rings. The van der Waals surface area contributed by atoms with Crippen LogP contribution in [0.2, 0.25) is 0 Å². The van der Waals surface area contributed by atoms with E-state index in [0.717, 1.165) is 25.0 Å². The average molecular weight is 212 g/mol. The first-order valence-corrected chi connectivity index (χ1v) is 6.00. The SMILES string of the molecule is CCN=C(NN)N(C)CC1CCCCC1. The first-order valence-electron chi connectivity index (χ1n) is 6.00. The molecule has 15 heavy (non-hydrogen) atoms. The lowest BCUT2D eigenvalue weighted by Gasteiger charge is -2.28. The number of hydrazine groups is 1. The Morgan fingerprint density at radius 2 is 2.07 bits per heavy atom. The molecule has 0 atom stereocenters. The number of nitrogens with two attached hydrogens (primary N) is 1. The Morgan fingerprint density at radius 1 is 1.40 bits per heavy atom. The van der Waals surface area contributed by atoms with Crippen LogP contribution in [-0.4, -0.2) is 31.0 Å². The van der Waals surface area contributed by atoms with Gasteiger partial charge in [0.05, 0.1) is 0 Å². The van der Waals surface area contributed by atoms with Gasteiger partial charge in [-0.25, -0.2) is 5.84 Å². The van der Waals surface area contributed by atoms with E-state index < -0.39 is 0 Å². The van der Waals surface area contributed by atoms with Crippen molar-refractivity contribution in [3.05, 3.63) is 0 Å². The molecule has 1 aliphatic rings. The van der Waals surface area contributed by atoms with Crippen molar-refractivity contribution in [2.45, 2.75) is 39.0 Å². The lowest BCUT2D eigenvalue weighted by atomic mass is 9.89. The van der Waals surface area contributed by atoms with E-state index in [2.05, 4.69) is 22.4 Å². The number of rotatable bonds is 3. The van der Waals surface area contributed by atoms with Crippen molar-refractivity contribution in [2.75, 3.05) is 20.1 Å². The van der Waals surface area contributed by atoms with Crippen LogP contribution in [0, 0.1) is 5.92 Å². The molecule has 1 saturated carbocycles. The molecule has 0 saturated heterocycles. The quantitative estimate of drug-likeness (QED) is 0.321. The van der Waals surface area contributed by atoms with Gasteiger partial charge >= 0.3 is 0 Å². The van der Waals surface area contributed by atoms with Crippen LogP contribution in [0.15, 0.2) is 4.99 Å². The van der Waals surface area contributed by atoms with E-state index in [-0.39, 0.29) is 0 Å². The van der Waals surface area contributed by atoms with Crippen molar-refractivity contribution < 1.29 is 0 Å². The van der Waals surface area contributed by atoms with Crippen LogP contribution in [-0.2, 0) is 0 Å². The third-order valence-corrected chi connectivity index (χ3v) is 3.06. The molecule has 3 N–H and O–H groups in total. The van der Waals surface area contributed by atoms with Gasteiger partial charge in [-0.15, -0.1) is 0 Å². The zero-order chi connectivity index (χ0) is 11.1. The summed E-state index contributed by atoms with van der Waals surface area (Å²) < 4.78 is 0. The van der Waals surface area contributed by atoms with Gasteiger partial charge < -0.3 is 4.90 Å². The van der Waals surface area contributed by atoms with Gasteiger partial charge in [0.1, 0.15) is 0 Å². The van der Waals surface area contributed by atoms with E-state index >= 15 is 0 Å². The third kappa shape index (κ3) is 4.08. The minimum Gasteiger partial charge on any atom is -0.345 e. The Kier molecular flexibility index (Phi) is 5.47. The molecule has 0 aromatic heterocycles. The fourth-order valence-corrected chi connectivity index (χ4v) is 2.27. The number of nitrogens with one attached hydrogen (secondary N) is 1. The number of hydrogen-bond acceptors (Lipinski definition) is 2. The molecule has 0 spiro atoms. The fraction of sp³-hybridized carbons (Fsp3) is 0.909. The molecule has 0 heterocycles. The van der Waals surface area contributed by atoms with Crippen molar-refractivity contribution in [1.29, 1.82) is 0 Å². The lowest BCUT2D eigenvalue weighted by molar-refractivity contribution is 0.292. The highest BCUT2D eigenvalue weighted by Crippen LogP contribution is 2.23. The molecular formula is C11H24N4. The van der Waals surface area contributed by atoms with Crippen molar-refractivity contribution in [3.63, 3.8) is 0 Å². The van der Waals surface area contributed by atoms with Crippen molar-refractivity contribution in [2.24, 2.45) is 16.8 Å². The average Bonchev–Trinajstić information content (AvgIpc) is 2.27.